The first kappa shape index (κ1) is 23.4. The average molecular weight is 435 g/mol. The van der Waals surface area contributed by atoms with E-state index in [0.717, 1.165) is 41.1 Å². The molecule has 7 heteroatoms. The molecule has 0 aromatic heterocycles. The second-order valence-electron chi connectivity index (χ2n) is 6.33. The molecule has 0 aliphatic carbocycles. The molecule has 0 heterocycles. The molecular formula is C22H30N2O3S2. The molecule has 0 atom stereocenters. The molecular weight excluding hydrogens is 404 g/mol. The maximum absolute atomic E-state index is 11.8. The third-order valence-electron chi connectivity index (χ3n) is 4.13. The Kier molecular flexibility index (Phi) is 11.5. The molecule has 158 valence electrons. The maximum atomic E-state index is 11.8. The normalized spacial score (nSPS) is 10.6. The molecule has 2 aromatic carbocycles. The number of methoxy groups -OCH3 is 2. The van der Waals surface area contributed by atoms with Crippen molar-refractivity contribution in [2.24, 2.45) is 0 Å². The Morgan fingerprint density at radius 2 is 1.28 bits per heavy atom. The van der Waals surface area contributed by atoms with Gasteiger partial charge in [-0.25, -0.2) is 0 Å². The van der Waals surface area contributed by atoms with Crippen molar-refractivity contribution in [1.29, 1.82) is 0 Å². The highest BCUT2D eigenvalue weighted by atomic mass is 32.2. The first-order valence-electron chi connectivity index (χ1n) is 9.60. The van der Waals surface area contributed by atoms with E-state index in [4.69, 9.17) is 9.47 Å². The van der Waals surface area contributed by atoms with Crippen molar-refractivity contribution in [3.8, 4) is 11.5 Å². The first-order valence-corrected chi connectivity index (χ1v) is 11.9. The fourth-order valence-electron chi connectivity index (χ4n) is 2.49. The lowest BCUT2D eigenvalue weighted by Crippen LogP contribution is -2.35. The monoisotopic (exact) mass is 434 g/mol. The number of benzene rings is 2. The van der Waals surface area contributed by atoms with Crippen molar-refractivity contribution >= 4 is 29.4 Å². The summed E-state index contributed by atoms with van der Waals surface area (Å²) in [5.41, 5.74) is 2.54. The second kappa shape index (κ2) is 14.2. The van der Waals surface area contributed by atoms with Crippen molar-refractivity contribution in [1.82, 2.24) is 10.6 Å². The van der Waals surface area contributed by atoms with Crippen molar-refractivity contribution in [2.75, 3.05) is 45.4 Å². The summed E-state index contributed by atoms with van der Waals surface area (Å²) in [5.74, 6) is 5.57. The highest BCUT2D eigenvalue weighted by molar-refractivity contribution is 7.98. The number of hydrogen-bond acceptors (Lipinski definition) is 6. The molecule has 0 unspecified atom stereocenters. The van der Waals surface area contributed by atoms with Crippen LogP contribution in [0.15, 0.2) is 48.5 Å². The Hall–Kier alpha value is -1.83. The third-order valence-corrected chi connectivity index (χ3v) is 6.19. The van der Waals surface area contributed by atoms with E-state index in [2.05, 4.69) is 34.9 Å². The Labute approximate surface area is 182 Å². The minimum atomic E-state index is 0.0511. The standard InChI is InChI=1S/C22H30N2O3S2/c1-26-20-7-3-18(4-8-20)16-28-13-11-23-15-22(25)24-12-14-29-17-19-5-9-21(27-2)10-6-19/h3-10,23H,11-17H2,1-2H3,(H,24,25). The number of thioether (sulfide) groups is 2. The van der Waals surface area contributed by atoms with Crippen LogP contribution >= 0.6 is 23.5 Å². The van der Waals surface area contributed by atoms with Crippen LogP contribution < -0.4 is 20.1 Å². The SMILES string of the molecule is COc1ccc(CSCCNCC(=O)NCCSCc2ccc(OC)cc2)cc1. The van der Waals surface area contributed by atoms with E-state index in [0.29, 0.717) is 13.1 Å². The third kappa shape index (κ3) is 9.96. The molecule has 0 radical (unpaired) electrons. The molecule has 0 aliphatic heterocycles. The fraction of sp³-hybridized carbons (Fsp3) is 0.409. The number of amides is 1. The summed E-state index contributed by atoms with van der Waals surface area (Å²) in [6.45, 7) is 1.88. The molecule has 0 spiro atoms. The number of nitrogens with one attached hydrogen (secondary N) is 2. The zero-order chi connectivity index (χ0) is 20.7. The van der Waals surface area contributed by atoms with Crippen LogP contribution in [0.25, 0.3) is 0 Å². The Morgan fingerprint density at radius 1 is 0.793 bits per heavy atom. The lowest BCUT2D eigenvalue weighted by atomic mass is 10.2. The molecule has 29 heavy (non-hydrogen) atoms. The average Bonchev–Trinajstić information content (AvgIpc) is 2.76. The van der Waals surface area contributed by atoms with E-state index < -0.39 is 0 Å². The maximum Gasteiger partial charge on any atom is 0.233 e. The van der Waals surface area contributed by atoms with Gasteiger partial charge in [0, 0.05) is 36.1 Å². The first-order chi connectivity index (χ1) is 14.2. The summed E-state index contributed by atoms with van der Waals surface area (Å²) >= 11 is 3.66. The van der Waals surface area contributed by atoms with Crippen LogP contribution in [0.3, 0.4) is 0 Å². The van der Waals surface area contributed by atoms with Gasteiger partial charge < -0.3 is 20.1 Å². The van der Waals surface area contributed by atoms with Crippen molar-refractivity contribution in [3.63, 3.8) is 0 Å². The highest BCUT2D eigenvalue weighted by Crippen LogP contribution is 2.17. The lowest BCUT2D eigenvalue weighted by Gasteiger charge is -2.07. The minimum Gasteiger partial charge on any atom is -0.497 e. The molecule has 2 rings (SSSR count). The fourth-order valence-corrected chi connectivity index (χ4v) is 4.17. The second-order valence-corrected chi connectivity index (χ2v) is 8.54. The Morgan fingerprint density at radius 3 is 1.76 bits per heavy atom. The van der Waals surface area contributed by atoms with Gasteiger partial charge in [-0.15, -0.1) is 0 Å². The molecule has 0 aliphatic rings. The predicted molar refractivity (Wildman–Crippen MR) is 124 cm³/mol. The van der Waals surface area contributed by atoms with Gasteiger partial charge in [-0.3, -0.25) is 4.79 Å². The zero-order valence-electron chi connectivity index (χ0n) is 17.1. The van der Waals surface area contributed by atoms with E-state index >= 15 is 0 Å². The van der Waals surface area contributed by atoms with Gasteiger partial charge in [0.15, 0.2) is 0 Å². The molecule has 0 saturated heterocycles. The summed E-state index contributed by atoms with van der Waals surface area (Å²) in [5, 5.41) is 6.15. The zero-order valence-corrected chi connectivity index (χ0v) is 18.7. The molecule has 2 aromatic rings. The molecule has 5 nitrogen and oxygen atoms in total. The van der Waals surface area contributed by atoms with Gasteiger partial charge in [0.2, 0.25) is 5.91 Å². The van der Waals surface area contributed by atoms with Crippen molar-refractivity contribution in [3.05, 3.63) is 59.7 Å². The largest absolute Gasteiger partial charge is 0.497 e. The smallest absolute Gasteiger partial charge is 0.233 e. The molecule has 0 bridgehead atoms. The highest BCUT2D eigenvalue weighted by Gasteiger charge is 2.01. The number of carbonyl (C=O) groups is 1. The van der Waals surface area contributed by atoms with Crippen LogP contribution in [-0.4, -0.2) is 51.3 Å². The van der Waals surface area contributed by atoms with E-state index in [1.807, 2.05) is 47.8 Å². The van der Waals surface area contributed by atoms with Crippen LogP contribution in [0.5, 0.6) is 11.5 Å². The van der Waals surface area contributed by atoms with Gasteiger partial charge in [-0.2, -0.15) is 23.5 Å². The number of hydrogen-bond donors (Lipinski definition) is 2. The molecule has 0 saturated carbocycles. The van der Waals surface area contributed by atoms with Gasteiger partial charge in [-0.1, -0.05) is 24.3 Å². The molecule has 1 amide bonds. The van der Waals surface area contributed by atoms with Gasteiger partial charge in [-0.05, 0) is 35.4 Å². The Bertz CT molecular complexity index is 709. The van der Waals surface area contributed by atoms with Gasteiger partial charge in [0.25, 0.3) is 0 Å². The summed E-state index contributed by atoms with van der Waals surface area (Å²) < 4.78 is 10.3. The van der Waals surface area contributed by atoms with Crippen LogP contribution in [0.1, 0.15) is 11.1 Å². The minimum absolute atomic E-state index is 0.0511. The Balaban J connectivity index is 1.43. The number of rotatable bonds is 14. The number of ether oxygens (including phenoxy) is 2. The summed E-state index contributed by atoms with van der Waals surface area (Å²) in [4.78, 5) is 11.8. The van der Waals surface area contributed by atoms with E-state index in [9.17, 15) is 4.79 Å². The quantitative estimate of drug-likeness (QED) is 0.443. The van der Waals surface area contributed by atoms with Gasteiger partial charge in [0.05, 0.1) is 20.8 Å². The van der Waals surface area contributed by atoms with Crippen LogP contribution in [0, 0.1) is 0 Å². The van der Waals surface area contributed by atoms with Crippen molar-refractivity contribution < 1.29 is 14.3 Å². The summed E-state index contributed by atoms with van der Waals surface area (Å²) in [6, 6.07) is 16.2. The molecule has 0 fully saturated rings. The number of carbonyl (C=O) groups excluding carboxylic acids is 1. The van der Waals surface area contributed by atoms with Gasteiger partial charge >= 0.3 is 0 Å². The van der Waals surface area contributed by atoms with E-state index in [1.165, 1.54) is 11.1 Å². The van der Waals surface area contributed by atoms with Gasteiger partial charge in [0.1, 0.15) is 11.5 Å². The van der Waals surface area contributed by atoms with Crippen LogP contribution in [-0.2, 0) is 16.3 Å². The van der Waals surface area contributed by atoms with E-state index in [1.54, 1.807) is 14.2 Å². The van der Waals surface area contributed by atoms with Crippen LogP contribution in [0.2, 0.25) is 0 Å². The van der Waals surface area contributed by atoms with E-state index in [-0.39, 0.29) is 5.91 Å². The van der Waals surface area contributed by atoms with Crippen molar-refractivity contribution in [2.45, 2.75) is 11.5 Å². The summed E-state index contributed by atoms with van der Waals surface area (Å²) in [6.07, 6.45) is 0. The summed E-state index contributed by atoms with van der Waals surface area (Å²) in [7, 11) is 3.34. The van der Waals surface area contributed by atoms with Crippen LogP contribution in [0.4, 0.5) is 0 Å². The molecule has 2 N–H and O–H groups in total. The lowest BCUT2D eigenvalue weighted by molar-refractivity contribution is -0.120. The topological polar surface area (TPSA) is 59.6 Å². The predicted octanol–water partition coefficient (Wildman–Crippen LogP) is 3.58.